The lowest BCUT2D eigenvalue weighted by Crippen LogP contribution is -2.19. The molecule has 2 rings (SSSR count). The van der Waals surface area contributed by atoms with Gasteiger partial charge in [-0.2, -0.15) is 0 Å². The van der Waals surface area contributed by atoms with Gasteiger partial charge >= 0.3 is 7.82 Å². The predicted octanol–water partition coefficient (Wildman–Crippen LogP) is 6.32. The molecule has 0 atom stereocenters. The number of benzene rings is 2. The molecule has 5 heteroatoms. The van der Waals surface area contributed by atoms with Gasteiger partial charge in [0.15, 0.2) is 0 Å². The maximum atomic E-state index is 13.2. The second-order valence-corrected chi connectivity index (χ2v) is 8.56. The first kappa shape index (κ1) is 19.6. The van der Waals surface area contributed by atoms with Gasteiger partial charge in [0, 0.05) is 0 Å². The lowest BCUT2D eigenvalue weighted by atomic mass is 9.92. The Morgan fingerprint density at radius 1 is 0.840 bits per heavy atom. The molecular weight excluding hydrogens is 335 g/mol. The zero-order valence-corrected chi connectivity index (χ0v) is 16.5. The first-order chi connectivity index (χ1) is 11.7. The van der Waals surface area contributed by atoms with E-state index in [1.165, 1.54) is 0 Å². The quantitative estimate of drug-likeness (QED) is 0.515. The lowest BCUT2D eigenvalue weighted by Gasteiger charge is -2.25. The molecule has 0 aromatic heterocycles. The number of hydrogen-bond acceptors (Lipinski definition) is 4. The third-order valence-electron chi connectivity index (χ3n) is 4.05. The van der Waals surface area contributed by atoms with Gasteiger partial charge in [0.1, 0.15) is 11.5 Å². The van der Waals surface area contributed by atoms with Crippen molar-refractivity contribution in [1.29, 1.82) is 0 Å². The molecule has 0 aliphatic rings. The number of phosphoric acid groups is 1. The van der Waals surface area contributed by atoms with Crippen LogP contribution in [0.5, 0.6) is 11.5 Å². The highest BCUT2D eigenvalue weighted by molar-refractivity contribution is 7.49. The normalized spacial score (nSPS) is 12.0. The number of rotatable bonds is 8. The van der Waals surface area contributed by atoms with Crippen LogP contribution < -0.4 is 9.05 Å². The summed E-state index contributed by atoms with van der Waals surface area (Å²) in [4.78, 5) is 0. The standard InChI is InChI=1S/C20H27O4P/c1-6-20(4,5)15-22-25(21,23-18-11-7-16(2)8-12-18)24-19-13-9-17(3)10-14-19/h7-14H,6,15H2,1-5H3. The van der Waals surface area contributed by atoms with Crippen molar-refractivity contribution in [2.45, 2.75) is 41.0 Å². The highest BCUT2D eigenvalue weighted by atomic mass is 31.2. The molecule has 0 amide bonds. The van der Waals surface area contributed by atoms with E-state index >= 15 is 0 Å². The van der Waals surface area contributed by atoms with E-state index in [4.69, 9.17) is 13.6 Å². The predicted molar refractivity (Wildman–Crippen MR) is 101 cm³/mol. The molecule has 0 saturated heterocycles. The fourth-order valence-electron chi connectivity index (χ4n) is 1.88. The topological polar surface area (TPSA) is 44.8 Å². The summed E-state index contributed by atoms with van der Waals surface area (Å²) in [6.45, 7) is 10.4. The first-order valence-corrected chi connectivity index (χ1v) is 9.94. The van der Waals surface area contributed by atoms with Crippen molar-refractivity contribution >= 4 is 7.82 Å². The average molecular weight is 362 g/mol. The molecule has 2 aromatic carbocycles. The summed E-state index contributed by atoms with van der Waals surface area (Å²) in [5.74, 6) is 0.908. The van der Waals surface area contributed by atoms with Crippen LogP contribution in [0.3, 0.4) is 0 Å². The minimum absolute atomic E-state index is 0.122. The summed E-state index contributed by atoms with van der Waals surface area (Å²) in [5.41, 5.74) is 2.06. The maximum absolute atomic E-state index is 13.2. The maximum Gasteiger partial charge on any atom is 0.587 e. The number of hydrogen-bond donors (Lipinski definition) is 0. The molecule has 0 unspecified atom stereocenters. The molecule has 0 N–H and O–H groups in total. The highest BCUT2D eigenvalue weighted by Gasteiger charge is 2.33. The Morgan fingerprint density at radius 3 is 1.60 bits per heavy atom. The summed E-state index contributed by atoms with van der Waals surface area (Å²) < 4.78 is 30.2. The van der Waals surface area contributed by atoms with Gasteiger partial charge in [0.25, 0.3) is 0 Å². The Kier molecular flexibility index (Phi) is 6.31. The number of phosphoric ester groups is 1. The molecule has 2 aromatic rings. The van der Waals surface area contributed by atoms with Crippen LogP contribution in [0.15, 0.2) is 48.5 Å². The fourth-order valence-corrected chi connectivity index (χ4v) is 3.29. The van der Waals surface area contributed by atoms with E-state index in [0.29, 0.717) is 11.5 Å². The van der Waals surface area contributed by atoms with Gasteiger partial charge in [-0.3, -0.25) is 4.52 Å². The van der Waals surface area contributed by atoms with Crippen molar-refractivity contribution in [3.63, 3.8) is 0 Å². The minimum atomic E-state index is -3.80. The van der Waals surface area contributed by atoms with Gasteiger partial charge < -0.3 is 9.05 Å². The van der Waals surface area contributed by atoms with E-state index in [9.17, 15) is 4.57 Å². The van der Waals surface area contributed by atoms with E-state index in [-0.39, 0.29) is 12.0 Å². The van der Waals surface area contributed by atoms with Crippen molar-refractivity contribution in [3.8, 4) is 11.5 Å². The van der Waals surface area contributed by atoms with Crippen LogP contribution >= 0.6 is 7.82 Å². The molecular formula is C20H27O4P. The van der Waals surface area contributed by atoms with Crippen LogP contribution in [-0.4, -0.2) is 6.61 Å². The molecule has 0 saturated carbocycles. The van der Waals surface area contributed by atoms with Gasteiger partial charge in [0.05, 0.1) is 6.61 Å². The number of aryl methyl sites for hydroxylation is 2. The van der Waals surface area contributed by atoms with E-state index < -0.39 is 7.82 Å². The van der Waals surface area contributed by atoms with E-state index in [2.05, 4.69) is 20.8 Å². The third kappa shape index (κ3) is 6.22. The van der Waals surface area contributed by atoms with Gasteiger partial charge in [-0.15, -0.1) is 0 Å². The molecule has 0 heterocycles. The average Bonchev–Trinajstić information content (AvgIpc) is 2.58. The molecule has 0 aliphatic carbocycles. The van der Waals surface area contributed by atoms with E-state index in [1.807, 2.05) is 38.1 Å². The summed E-state index contributed by atoms with van der Waals surface area (Å²) in [5, 5.41) is 0. The molecule has 0 spiro atoms. The second-order valence-electron chi connectivity index (χ2n) is 7.05. The molecule has 4 nitrogen and oxygen atoms in total. The lowest BCUT2D eigenvalue weighted by molar-refractivity contribution is 0.133. The smallest absolute Gasteiger partial charge is 0.395 e. The van der Waals surface area contributed by atoms with Crippen LogP contribution in [0.1, 0.15) is 38.3 Å². The van der Waals surface area contributed by atoms with Crippen LogP contribution in [0, 0.1) is 19.3 Å². The van der Waals surface area contributed by atoms with Gasteiger partial charge in [-0.1, -0.05) is 56.2 Å². The van der Waals surface area contributed by atoms with Crippen molar-refractivity contribution in [2.24, 2.45) is 5.41 Å². The molecule has 136 valence electrons. The fraction of sp³-hybridized carbons (Fsp3) is 0.400. The largest absolute Gasteiger partial charge is 0.587 e. The van der Waals surface area contributed by atoms with Crippen LogP contribution in [-0.2, 0) is 9.09 Å². The van der Waals surface area contributed by atoms with Crippen molar-refractivity contribution < 1.29 is 18.1 Å². The summed E-state index contributed by atoms with van der Waals surface area (Å²) in [7, 11) is -3.80. The van der Waals surface area contributed by atoms with Gasteiger partial charge in [-0.05, 0) is 49.9 Å². The summed E-state index contributed by atoms with van der Waals surface area (Å²) >= 11 is 0. The van der Waals surface area contributed by atoms with Gasteiger partial charge in [-0.25, -0.2) is 4.57 Å². The Hall–Kier alpha value is -1.77. The van der Waals surface area contributed by atoms with E-state index in [0.717, 1.165) is 17.5 Å². The van der Waals surface area contributed by atoms with E-state index in [1.54, 1.807) is 24.3 Å². The minimum Gasteiger partial charge on any atom is -0.395 e. The zero-order valence-electron chi connectivity index (χ0n) is 15.6. The van der Waals surface area contributed by atoms with Gasteiger partial charge in [0.2, 0.25) is 0 Å². The van der Waals surface area contributed by atoms with Crippen LogP contribution in [0.4, 0.5) is 0 Å². The zero-order chi connectivity index (χ0) is 18.5. The van der Waals surface area contributed by atoms with Crippen molar-refractivity contribution in [1.82, 2.24) is 0 Å². The Morgan fingerprint density at radius 2 is 1.24 bits per heavy atom. The summed E-state index contributed by atoms with van der Waals surface area (Å²) in [6, 6.07) is 14.6. The monoisotopic (exact) mass is 362 g/mol. The van der Waals surface area contributed by atoms with Crippen molar-refractivity contribution in [2.75, 3.05) is 6.61 Å². The summed E-state index contributed by atoms with van der Waals surface area (Å²) in [6.07, 6.45) is 0.891. The molecule has 25 heavy (non-hydrogen) atoms. The van der Waals surface area contributed by atoms with Crippen molar-refractivity contribution in [3.05, 3.63) is 59.7 Å². The first-order valence-electron chi connectivity index (χ1n) is 8.48. The Balaban J connectivity index is 2.21. The molecule has 0 radical (unpaired) electrons. The highest BCUT2D eigenvalue weighted by Crippen LogP contribution is 2.50. The Labute approximate surface area is 150 Å². The molecule has 0 fully saturated rings. The molecule has 0 bridgehead atoms. The Bertz CT molecular complexity index is 669. The SMILES string of the molecule is CCC(C)(C)COP(=O)(Oc1ccc(C)cc1)Oc1ccc(C)cc1. The molecule has 0 aliphatic heterocycles. The van der Waals surface area contributed by atoms with Crippen LogP contribution in [0.2, 0.25) is 0 Å². The van der Waals surface area contributed by atoms with Crippen LogP contribution in [0.25, 0.3) is 0 Å². The third-order valence-corrected chi connectivity index (χ3v) is 5.36. The second kappa shape index (κ2) is 8.07.